The first-order valence-electron chi connectivity index (χ1n) is 11.0. The Bertz CT molecular complexity index is 1230. The summed E-state index contributed by atoms with van der Waals surface area (Å²) >= 11 is 0. The average Bonchev–Trinajstić information content (AvgIpc) is 3.53. The molecule has 0 aliphatic carbocycles. The van der Waals surface area contributed by atoms with E-state index in [2.05, 4.69) is 30.4 Å². The second-order valence-electron chi connectivity index (χ2n) is 8.33. The Morgan fingerprint density at radius 1 is 0.694 bits per heavy atom. The Labute approximate surface area is 205 Å². The number of hydrogen-bond donors (Lipinski definition) is 0. The van der Waals surface area contributed by atoms with Gasteiger partial charge < -0.3 is 0 Å². The number of aromatic nitrogens is 6. The van der Waals surface area contributed by atoms with E-state index in [1.807, 2.05) is 14.1 Å². The predicted octanol–water partition coefficient (Wildman–Crippen LogP) is 2.23. The van der Waals surface area contributed by atoms with Crippen molar-refractivity contribution in [2.24, 2.45) is 0 Å². The number of benzene rings is 2. The van der Waals surface area contributed by atoms with Gasteiger partial charge in [0, 0.05) is 50.4 Å². The lowest BCUT2D eigenvalue weighted by atomic mass is 10.3. The summed E-state index contributed by atoms with van der Waals surface area (Å²) in [4.78, 5) is 25.0. The van der Waals surface area contributed by atoms with E-state index >= 15 is 0 Å². The Morgan fingerprint density at radius 2 is 1.06 bits per heavy atom. The van der Waals surface area contributed by atoms with Crippen LogP contribution in [0.2, 0.25) is 0 Å². The summed E-state index contributed by atoms with van der Waals surface area (Å²) in [5.41, 5.74) is 3.01. The summed E-state index contributed by atoms with van der Waals surface area (Å²) in [5.74, 6) is 0. The molecule has 0 N–H and O–H groups in total. The van der Waals surface area contributed by atoms with Crippen LogP contribution in [-0.4, -0.2) is 76.8 Å². The monoisotopic (exact) mass is 492 g/mol. The lowest BCUT2D eigenvalue weighted by Crippen LogP contribution is -2.30. The smallest absolute Gasteiger partial charge is 0.269 e. The molecule has 4 rings (SSSR count). The summed E-state index contributed by atoms with van der Waals surface area (Å²) in [6.45, 7) is 2.74. The minimum absolute atomic E-state index is 0.0248. The van der Waals surface area contributed by atoms with Crippen LogP contribution in [0, 0.1) is 20.2 Å². The van der Waals surface area contributed by atoms with E-state index in [1.54, 1.807) is 46.0 Å². The molecule has 0 saturated carbocycles. The third-order valence-electron chi connectivity index (χ3n) is 5.46. The fourth-order valence-electron chi connectivity index (χ4n) is 3.50. The summed E-state index contributed by atoms with van der Waals surface area (Å²) in [7, 11) is 3.98. The van der Waals surface area contributed by atoms with E-state index in [0.717, 1.165) is 24.5 Å². The van der Waals surface area contributed by atoms with Gasteiger partial charge in [0.2, 0.25) is 0 Å². The number of nitro benzene ring substituents is 2. The number of nitrogens with zero attached hydrogens (tertiary/aromatic N) is 10. The molecule has 2 aromatic carbocycles. The molecular weight excluding hydrogens is 468 g/mol. The summed E-state index contributed by atoms with van der Waals surface area (Å²) in [6.07, 6.45) is 3.61. The summed E-state index contributed by atoms with van der Waals surface area (Å²) in [6, 6.07) is 12.3. The van der Waals surface area contributed by atoms with E-state index in [-0.39, 0.29) is 11.4 Å². The first-order valence-corrected chi connectivity index (χ1v) is 11.0. The van der Waals surface area contributed by atoms with Crippen molar-refractivity contribution in [1.82, 2.24) is 39.8 Å². The van der Waals surface area contributed by atoms with Crippen LogP contribution in [0.5, 0.6) is 0 Å². The zero-order valence-electron chi connectivity index (χ0n) is 19.7. The minimum Gasteiger partial charge on any atom is -0.299 e. The predicted molar refractivity (Wildman–Crippen MR) is 129 cm³/mol. The molecule has 0 amide bonds. The molecule has 14 heteroatoms. The fraction of sp³-hybridized carbons (Fsp3) is 0.273. The van der Waals surface area contributed by atoms with E-state index < -0.39 is 9.85 Å². The van der Waals surface area contributed by atoms with Gasteiger partial charge in [0.15, 0.2) is 0 Å². The first kappa shape index (κ1) is 24.6. The quantitative estimate of drug-likeness (QED) is 0.225. The highest BCUT2D eigenvalue weighted by atomic mass is 16.6. The van der Waals surface area contributed by atoms with Crippen LogP contribution in [0.1, 0.15) is 11.4 Å². The SMILES string of the molecule is CN(CCN(C)Cc1cn(-c2ccc([N+](=O)[O-])cc2)nn1)Cc1cn(-c2ccc([N+](=O)[O-])cc2)nn1. The number of hydrogen-bond acceptors (Lipinski definition) is 10. The van der Waals surface area contributed by atoms with E-state index in [4.69, 9.17) is 0 Å². The van der Waals surface area contributed by atoms with Gasteiger partial charge in [0.05, 0.1) is 45.0 Å². The van der Waals surface area contributed by atoms with Crippen molar-refractivity contribution in [2.45, 2.75) is 13.1 Å². The second-order valence-corrected chi connectivity index (χ2v) is 8.33. The molecule has 0 saturated heterocycles. The molecule has 14 nitrogen and oxygen atoms in total. The van der Waals surface area contributed by atoms with E-state index in [9.17, 15) is 20.2 Å². The van der Waals surface area contributed by atoms with Gasteiger partial charge in [-0.15, -0.1) is 10.2 Å². The average molecular weight is 493 g/mol. The largest absolute Gasteiger partial charge is 0.299 e. The third kappa shape index (κ3) is 6.11. The molecule has 36 heavy (non-hydrogen) atoms. The maximum atomic E-state index is 10.8. The number of likely N-dealkylation sites (N-methyl/N-ethyl adjacent to an activating group) is 2. The van der Waals surface area contributed by atoms with Gasteiger partial charge in [0.25, 0.3) is 11.4 Å². The minimum atomic E-state index is -0.441. The van der Waals surface area contributed by atoms with Gasteiger partial charge in [-0.2, -0.15) is 0 Å². The fourth-order valence-corrected chi connectivity index (χ4v) is 3.50. The highest BCUT2D eigenvalue weighted by molar-refractivity contribution is 5.41. The first-order chi connectivity index (χ1) is 17.3. The Hall–Kier alpha value is -4.56. The Balaban J connectivity index is 1.25. The van der Waals surface area contributed by atoms with E-state index in [0.29, 0.717) is 24.5 Å². The molecular formula is C22H24N10O4. The van der Waals surface area contributed by atoms with Crippen LogP contribution >= 0.6 is 0 Å². The lowest BCUT2D eigenvalue weighted by Gasteiger charge is -2.20. The molecule has 0 fully saturated rings. The topological polar surface area (TPSA) is 154 Å². The van der Waals surface area contributed by atoms with E-state index in [1.165, 1.54) is 24.3 Å². The molecule has 0 unspecified atom stereocenters. The molecule has 4 aromatic rings. The lowest BCUT2D eigenvalue weighted by molar-refractivity contribution is -0.385. The van der Waals surface area contributed by atoms with Crippen molar-refractivity contribution in [3.63, 3.8) is 0 Å². The van der Waals surface area contributed by atoms with Crippen molar-refractivity contribution >= 4 is 11.4 Å². The molecule has 0 radical (unpaired) electrons. The maximum Gasteiger partial charge on any atom is 0.269 e. The summed E-state index contributed by atoms with van der Waals surface area (Å²) < 4.78 is 3.18. The molecule has 0 atom stereocenters. The normalized spacial score (nSPS) is 11.3. The maximum absolute atomic E-state index is 10.8. The Morgan fingerprint density at radius 3 is 1.39 bits per heavy atom. The molecule has 186 valence electrons. The van der Waals surface area contributed by atoms with Crippen LogP contribution in [0.25, 0.3) is 11.4 Å². The highest BCUT2D eigenvalue weighted by Gasteiger charge is 2.11. The molecule has 0 spiro atoms. The van der Waals surface area contributed by atoms with Gasteiger partial charge >= 0.3 is 0 Å². The van der Waals surface area contributed by atoms with Crippen molar-refractivity contribution in [1.29, 1.82) is 0 Å². The molecule has 0 bridgehead atoms. The van der Waals surface area contributed by atoms with Gasteiger partial charge in [-0.1, -0.05) is 10.4 Å². The number of rotatable bonds is 11. The van der Waals surface area contributed by atoms with Crippen molar-refractivity contribution in [2.75, 3.05) is 27.2 Å². The Kier molecular flexibility index (Phi) is 7.36. The van der Waals surface area contributed by atoms with Crippen molar-refractivity contribution in [3.05, 3.63) is 92.5 Å². The third-order valence-corrected chi connectivity index (χ3v) is 5.46. The van der Waals surface area contributed by atoms with Crippen LogP contribution in [0.3, 0.4) is 0 Å². The second kappa shape index (κ2) is 10.8. The van der Waals surface area contributed by atoms with Crippen LogP contribution in [0.15, 0.2) is 60.9 Å². The van der Waals surface area contributed by atoms with Crippen LogP contribution < -0.4 is 0 Å². The molecule has 2 aromatic heterocycles. The van der Waals surface area contributed by atoms with Crippen LogP contribution in [-0.2, 0) is 13.1 Å². The zero-order valence-corrected chi connectivity index (χ0v) is 19.7. The van der Waals surface area contributed by atoms with Crippen LogP contribution in [0.4, 0.5) is 11.4 Å². The van der Waals surface area contributed by atoms with Gasteiger partial charge in [0.1, 0.15) is 0 Å². The highest BCUT2D eigenvalue weighted by Crippen LogP contribution is 2.16. The summed E-state index contributed by atoms with van der Waals surface area (Å²) in [5, 5.41) is 38.2. The number of non-ortho nitro benzene ring substituents is 2. The number of nitro groups is 2. The zero-order chi connectivity index (χ0) is 25.7. The molecule has 0 aliphatic heterocycles. The van der Waals surface area contributed by atoms with Crippen molar-refractivity contribution in [3.8, 4) is 11.4 Å². The van der Waals surface area contributed by atoms with Crippen molar-refractivity contribution < 1.29 is 9.85 Å². The van der Waals surface area contributed by atoms with Gasteiger partial charge in [-0.05, 0) is 38.4 Å². The van der Waals surface area contributed by atoms with Gasteiger partial charge in [-0.25, -0.2) is 9.36 Å². The van der Waals surface area contributed by atoms with Gasteiger partial charge in [-0.3, -0.25) is 30.0 Å². The molecule has 2 heterocycles. The standard InChI is InChI=1S/C22H24N10O4/c1-27(13-17-15-29(25-23-17)19-3-7-21(8-4-19)31(33)34)11-12-28(2)14-18-16-30(26-24-18)20-5-9-22(10-6-20)32(35)36/h3-10,15-16H,11-14H2,1-2H3. The molecule has 0 aliphatic rings.